The van der Waals surface area contributed by atoms with Crippen molar-refractivity contribution in [1.29, 1.82) is 0 Å². The monoisotopic (exact) mass is 250 g/mol. The van der Waals surface area contributed by atoms with Crippen molar-refractivity contribution in [1.82, 2.24) is 5.09 Å². The summed E-state index contributed by atoms with van der Waals surface area (Å²) in [7, 11) is -2.15. The number of carbonyl (C=O) groups is 1. The third kappa shape index (κ3) is 4.63. The molecule has 92 valence electrons. The average Bonchev–Trinajstić information content (AvgIpc) is 2.26. The van der Waals surface area contributed by atoms with Crippen LogP contribution >= 0.6 is 7.52 Å². The number of azide groups is 1. The number of rotatable bonds is 7. The van der Waals surface area contributed by atoms with Crippen LogP contribution < -0.4 is 5.09 Å². The van der Waals surface area contributed by atoms with Gasteiger partial charge in [0.25, 0.3) is 7.52 Å². The fourth-order valence-electron chi connectivity index (χ4n) is 0.867. The normalized spacial score (nSPS) is 15.7. The number of esters is 1. The topological polar surface area (TPSA) is 113 Å². The van der Waals surface area contributed by atoms with Crippen molar-refractivity contribution in [2.45, 2.75) is 19.6 Å². The molecule has 0 saturated carbocycles. The van der Waals surface area contributed by atoms with Gasteiger partial charge in [-0.3, -0.25) is 9.36 Å². The Bertz CT molecular complexity index is 328. The molecule has 0 spiro atoms. The Labute approximate surface area is 93.4 Å². The molecule has 0 aliphatic carbocycles. The molecule has 1 N–H and O–H groups in total. The lowest BCUT2D eigenvalue weighted by atomic mass is 10.7. The summed E-state index contributed by atoms with van der Waals surface area (Å²) in [5, 5.41) is 5.72. The first-order chi connectivity index (χ1) is 7.50. The molecule has 0 aromatic rings. The second-order valence-electron chi connectivity index (χ2n) is 2.76. The van der Waals surface area contributed by atoms with Crippen molar-refractivity contribution in [3.05, 3.63) is 10.4 Å². The van der Waals surface area contributed by atoms with Gasteiger partial charge in [0.15, 0.2) is 0 Å². The molecular weight excluding hydrogens is 235 g/mol. The summed E-state index contributed by atoms with van der Waals surface area (Å²) < 4.78 is 21.5. The van der Waals surface area contributed by atoms with Crippen LogP contribution in [0.2, 0.25) is 0 Å². The van der Waals surface area contributed by atoms with E-state index in [1.807, 2.05) is 0 Å². The molecule has 0 aliphatic heterocycles. The van der Waals surface area contributed by atoms with Crippen LogP contribution in [0.4, 0.5) is 0 Å². The molecule has 0 aromatic carbocycles. The zero-order valence-corrected chi connectivity index (χ0v) is 10.3. The Balaban J connectivity index is 4.62. The van der Waals surface area contributed by atoms with Crippen molar-refractivity contribution in [3.63, 3.8) is 0 Å². The summed E-state index contributed by atoms with van der Waals surface area (Å²) in [6.07, 6.45) is 0. The van der Waals surface area contributed by atoms with Gasteiger partial charge in [-0.25, -0.2) is 5.09 Å². The van der Waals surface area contributed by atoms with Gasteiger partial charge in [-0.2, -0.15) is 0 Å². The van der Waals surface area contributed by atoms with E-state index in [0.717, 1.165) is 0 Å². The van der Waals surface area contributed by atoms with Gasteiger partial charge in [0.1, 0.15) is 12.3 Å². The second-order valence-corrected chi connectivity index (χ2v) is 5.28. The maximum absolute atomic E-state index is 12.1. The molecule has 9 heteroatoms. The molecule has 0 saturated heterocycles. The minimum Gasteiger partial charge on any atom is -0.468 e. The van der Waals surface area contributed by atoms with E-state index >= 15 is 0 Å². The summed E-state index contributed by atoms with van der Waals surface area (Å²) in [5.41, 5.74) is 8.25. The third-order valence-electron chi connectivity index (χ3n) is 1.70. The predicted molar refractivity (Wildman–Crippen MR) is 57.9 cm³/mol. The zero-order chi connectivity index (χ0) is 12.6. The maximum atomic E-state index is 12.1. The summed E-state index contributed by atoms with van der Waals surface area (Å²) in [4.78, 5) is 13.4. The van der Waals surface area contributed by atoms with Crippen LogP contribution in [-0.2, 0) is 18.6 Å². The van der Waals surface area contributed by atoms with Gasteiger partial charge >= 0.3 is 5.97 Å². The van der Waals surface area contributed by atoms with E-state index in [0.29, 0.717) is 0 Å². The standard InChI is InChI=1S/C7H15N4O4P/c1-4-15-16(13,6(2)10-11-8)9-5-7(12)14-3/h6H,4-5H2,1-3H3,(H,9,13). The number of nitrogens with zero attached hydrogens (tertiary/aromatic N) is 3. The van der Waals surface area contributed by atoms with Gasteiger partial charge in [-0.1, -0.05) is 5.11 Å². The molecule has 8 nitrogen and oxygen atoms in total. The number of hydrogen-bond acceptors (Lipinski definition) is 5. The van der Waals surface area contributed by atoms with Crippen molar-refractivity contribution >= 4 is 13.5 Å². The van der Waals surface area contributed by atoms with Gasteiger partial charge in [0.2, 0.25) is 0 Å². The van der Waals surface area contributed by atoms with Crippen LogP contribution in [0, 0.1) is 0 Å². The average molecular weight is 250 g/mol. The van der Waals surface area contributed by atoms with Gasteiger partial charge < -0.3 is 9.26 Å². The summed E-state index contributed by atoms with van der Waals surface area (Å²) in [6.45, 7) is 3.01. The molecule has 0 aromatic heterocycles. The highest BCUT2D eigenvalue weighted by molar-refractivity contribution is 7.57. The largest absolute Gasteiger partial charge is 0.468 e. The lowest BCUT2D eigenvalue weighted by molar-refractivity contribution is -0.139. The summed E-state index contributed by atoms with van der Waals surface area (Å²) in [6, 6.07) is 0. The van der Waals surface area contributed by atoms with E-state index < -0.39 is 19.3 Å². The number of ether oxygens (including phenoxy) is 1. The minimum absolute atomic E-state index is 0.177. The first-order valence-corrected chi connectivity index (χ1v) is 6.30. The lowest BCUT2D eigenvalue weighted by Crippen LogP contribution is -2.26. The van der Waals surface area contributed by atoms with Crippen LogP contribution in [0.5, 0.6) is 0 Å². The van der Waals surface area contributed by atoms with E-state index in [1.165, 1.54) is 14.0 Å². The summed E-state index contributed by atoms with van der Waals surface area (Å²) in [5.74, 6) is -1.46. The molecule has 16 heavy (non-hydrogen) atoms. The highest BCUT2D eigenvalue weighted by atomic mass is 31.2. The first kappa shape index (κ1) is 14.9. The van der Waals surface area contributed by atoms with Crippen LogP contribution in [0.3, 0.4) is 0 Å². The van der Waals surface area contributed by atoms with Gasteiger partial charge in [-0.15, -0.1) is 0 Å². The molecule has 0 bridgehead atoms. The Morgan fingerprint density at radius 3 is 2.75 bits per heavy atom. The fraction of sp³-hybridized carbons (Fsp3) is 0.857. The Morgan fingerprint density at radius 1 is 1.69 bits per heavy atom. The number of nitrogens with one attached hydrogen (secondary N) is 1. The van der Waals surface area contributed by atoms with Crippen LogP contribution in [0.15, 0.2) is 5.11 Å². The van der Waals surface area contributed by atoms with Crippen LogP contribution in [0.25, 0.3) is 10.4 Å². The smallest absolute Gasteiger partial charge is 0.320 e. The number of methoxy groups -OCH3 is 1. The molecule has 0 rings (SSSR count). The molecule has 2 atom stereocenters. The van der Waals surface area contributed by atoms with Crippen molar-refractivity contribution < 1.29 is 18.6 Å². The SMILES string of the molecule is CCOP(=O)(NCC(=O)OC)C(C)N=[N+]=[N-]. The highest BCUT2D eigenvalue weighted by Crippen LogP contribution is 2.47. The Morgan fingerprint density at radius 2 is 2.31 bits per heavy atom. The molecule has 0 radical (unpaired) electrons. The third-order valence-corrected chi connectivity index (χ3v) is 4.03. The van der Waals surface area contributed by atoms with Crippen LogP contribution in [-0.4, -0.2) is 32.0 Å². The second kappa shape index (κ2) is 7.24. The first-order valence-electron chi connectivity index (χ1n) is 4.60. The lowest BCUT2D eigenvalue weighted by Gasteiger charge is -2.21. The van der Waals surface area contributed by atoms with Gasteiger partial charge in [-0.05, 0) is 19.4 Å². The van der Waals surface area contributed by atoms with E-state index in [4.69, 9.17) is 10.1 Å². The van der Waals surface area contributed by atoms with Crippen molar-refractivity contribution in [3.8, 4) is 0 Å². The molecule has 0 fully saturated rings. The molecule has 0 heterocycles. The van der Waals surface area contributed by atoms with Gasteiger partial charge in [0.05, 0.1) is 13.7 Å². The predicted octanol–water partition coefficient (Wildman–Crippen LogP) is 1.63. The van der Waals surface area contributed by atoms with E-state index in [2.05, 4.69) is 19.9 Å². The van der Waals surface area contributed by atoms with E-state index in [-0.39, 0.29) is 13.2 Å². The quantitative estimate of drug-likeness (QED) is 0.242. The summed E-state index contributed by atoms with van der Waals surface area (Å²) >= 11 is 0. The molecule has 2 unspecified atom stereocenters. The van der Waals surface area contributed by atoms with E-state index in [9.17, 15) is 9.36 Å². The Kier molecular flexibility index (Phi) is 6.76. The fourth-order valence-corrected chi connectivity index (χ4v) is 2.35. The van der Waals surface area contributed by atoms with E-state index in [1.54, 1.807) is 6.92 Å². The maximum Gasteiger partial charge on any atom is 0.320 e. The molecule has 0 amide bonds. The van der Waals surface area contributed by atoms with Crippen LogP contribution in [0.1, 0.15) is 13.8 Å². The number of carbonyl (C=O) groups excluding carboxylic acids is 1. The Hall–Kier alpha value is -1.07. The van der Waals surface area contributed by atoms with Gasteiger partial charge in [0, 0.05) is 4.91 Å². The molecule has 0 aliphatic rings. The van der Waals surface area contributed by atoms with Crippen molar-refractivity contribution in [2.75, 3.05) is 20.3 Å². The highest BCUT2D eigenvalue weighted by Gasteiger charge is 2.30. The van der Waals surface area contributed by atoms with Crippen molar-refractivity contribution in [2.24, 2.45) is 5.11 Å². The molecular formula is C7H15N4O4P. The minimum atomic E-state index is -3.37. The zero-order valence-electron chi connectivity index (χ0n) is 9.41. The number of hydrogen-bond donors (Lipinski definition) is 1.